The Morgan fingerprint density at radius 1 is 1.06 bits per heavy atom. The zero-order chi connectivity index (χ0) is 12.4. The zero-order valence-corrected chi connectivity index (χ0v) is 9.88. The van der Waals surface area contributed by atoms with Gasteiger partial charge < -0.3 is 14.8 Å². The van der Waals surface area contributed by atoms with Crippen molar-refractivity contribution >= 4 is 17.5 Å². The second-order valence-electron chi connectivity index (χ2n) is 3.65. The predicted octanol–water partition coefficient (Wildman–Crippen LogP) is 1.10. The van der Waals surface area contributed by atoms with Crippen LogP contribution < -0.4 is 5.32 Å². The number of amides is 1. The quantitative estimate of drug-likeness (QED) is 0.488. The highest BCUT2D eigenvalue weighted by Crippen LogP contribution is 1.90. The highest BCUT2D eigenvalue weighted by molar-refractivity contribution is 5.96. The van der Waals surface area contributed by atoms with Crippen molar-refractivity contribution in [1.29, 1.82) is 0 Å². The Kier molecular flexibility index (Phi) is 12.0. The molecule has 0 radical (unpaired) electrons. The van der Waals surface area contributed by atoms with E-state index in [1.165, 1.54) is 6.92 Å². The number of hydrogen-bond donors (Lipinski definition) is 1. The number of nitrogens with one attached hydrogen (secondary N) is 1. The molecule has 0 atom stereocenters. The SMILES string of the molecule is C.CC(=O)CCCOCCNC(=O)CC(C)=O. The van der Waals surface area contributed by atoms with Crippen molar-refractivity contribution in [3.05, 3.63) is 0 Å². The molecule has 0 spiro atoms. The fraction of sp³-hybridized carbons (Fsp3) is 0.750. The predicted molar refractivity (Wildman–Crippen MR) is 65.8 cm³/mol. The Morgan fingerprint density at radius 3 is 2.24 bits per heavy atom. The summed E-state index contributed by atoms with van der Waals surface area (Å²) in [5.41, 5.74) is 0. The first-order chi connectivity index (χ1) is 7.52. The van der Waals surface area contributed by atoms with Crippen LogP contribution in [0.25, 0.3) is 0 Å². The van der Waals surface area contributed by atoms with Crippen LogP contribution in [0.15, 0.2) is 0 Å². The van der Waals surface area contributed by atoms with Crippen LogP contribution in [0, 0.1) is 0 Å². The highest BCUT2D eigenvalue weighted by Gasteiger charge is 2.03. The van der Waals surface area contributed by atoms with Gasteiger partial charge in [0.15, 0.2) is 0 Å². The van der Waals surface area contributed by atoms with Gasteiger partial charge in [0.05, 0.1) is 13.0 Å². The molecule has 0 aromatic heterocycles. The number of hydrogen-bond acceptors (Lipinski definition) is 4. The van der Waals surface area contributed by atoms with E-state index in [-0.39, 0.29) is 31.3 Å². The van der Waals surface area contributed by atoms with Crippen LogP contribution in [-0.2, 0) is 19.1 Å². The fourth-order valence-electron chi connectivity index (χ4n) is 1.08. The molecule has 0 aliphatic carbocycles. The van der Waals surface area contributed by atoms with Crippen LogP contribution in [0.1, 0.15) is 40.5 Å². The Hall–Kier alpha value is -1.23. The summed E-state index contributed by atoms with van der Waals surface area (Å²) < 4.78 is 5.19. The largest absolute Gasteiger partial charge is 0.380 e. The average molecular weight is 245 g/mol. The minimum atomic E-state index is -0.278. The van der Waals surface area contributed by atoms with Crippen molar-refractivity contribution in [2.45, 2.75) is 40.5 Å². The van der Waals surface area contributed by atoms with Gasteiger partial charge in [-0.15, -0.1) is 0 Å². The summed E-state index contributed by atoms with van der Waals surface area (Å²) in [6.07, 6.45) is 1.15. The molecule has 100 valence electrons. The normalized spacial score (nSPS) is 9.29. The number of ketones is 2. The van der Waals surface area contributed by atoms with E-state index in [4.69, 9.17) is 4.74 Å². The third-order valence-corrected chi connectivity index (χ3v) is 1.80. The summed E-state index contributed by atoms with van der Waals surface area (Å²) in [6.45, 7) is 4.23. The van der Waals surface area contributed by atoms with Crippen molar-refractivity contribution < 1.29 is 19.1 Å². The van der Waals surface area contributed by atoms with Crippen molar-refractivity contribution in [3.8, 4) is 0 Å². The first-order valence-electron chi connectivity index (χ1n) is 5.35. The summed E-state index contributed by atoms with van der Waals surface area (Å²) in [6, 6.07) is 0. The lowest BCUT2D eigenvalue weighted by atomic mass is 10.2. The molecule has 0 rings (SSSR count). The molecular weight excluding hydrogens is 222 g/mol. The second kappa shape index (κ2) is 11.3. The van der Waals surface area contributed by atoms with E-state index in [0.29, 0.717) is 32.6 Å². The minimum absolute atomic E-state index is 0. The van der Waals surface area contributed by atoms with Crippen molar-refractivity contribution in [3.63, 3.8) is 0 Å². The Balaban J connectivity index is 0. The summed E-state index contributed by atoms with van der Waals surface area (Å²) in [7, 11) is 0. The maximum atomic E-state index is 11.0. The molecule has 5 nitrogen and oxygen atoms in total. The number of carbonyl (C=O) groups excluding carboxylic acids is 3. The molecule has 0 saturated heterocycles. The van der Waals surface area contributed by atoms with Gasteiger partial charge in [0.1, 0.15) is 11.6 Å². The van der Waals surface area contributed by atoms with Crippen LogP contribution in [0.2, 0.25) is 0 Å². The number of ether oxygens (including phenoxy) is 1. The lowest BCUT2D eigenvalue weighted by Crippen LogP contribution is -2.28. The molecule has 1 amide bonds. The van der Waals surface area contributed by atoms with Gasteiger partial charge in [-0.3, -0.25) is 9.59 Å². The van der Waals surface area contributed by atoms with Gasteiger partial charge in [0.2, 0.25) is 5.91 Å². The third-order valence-electron chi connectivity index (χ3n) is 1.80. The number of carbonyl (C=O) groups is 3. The number of rotatable bonds is 9. The van der Waals surface area contributed by atoms with Crippen molar-refractivity contribution in [2.75, 3.05) is 19.8 Å². The Bertz CT molecular complexity index is 251. The van der Waals surface area contributed by atoms with E-state index >= 15 is 0 Å². The molecule has 17 heavy (non-hydrogen) atoms. The second-order valence-corrected chi connectivity index (χ2v) is 3.65. The van der Waals surface area contributed by atoms with Gasteiger partial charge >= 0.3 is 0 Å². The third kappa shape index (κ3) is 14.8. The maximum absolute atomic E-state index is 11.0. The molecule has 0 aliphatic heterocycles. The molecule has 0 saturated carbocycles. The van der Waals surface area contributed by atoms with Crippen LogP contribution in [0.3, 0.4) is 0 Å². The maximum Gasteiger partial charge on any atom is 0.227 e. The van der Waals surface area contributed by atoms with E-state index in [1.54, 1.807) is 6.92 Å². The topological polar surface area (TPSA) is 72.5 Å². The van der Waals surface area contributed by atoms with Gasteiger partial charge in [-0.25, -0.2) is 0 Å². The standard InChI is InChI=1S/C11H19NO4.CH4/c1-9(13)4-3-6-16-7-5-12-11(15)8-10(2)14;/h3-8H2,1-2H3,(H,12,15);1H4. The van der Waals surface area contributed by atoms with E-state index in [9.17, 15) is 14.4 Å². The lowest BCUT2D eigenvalue weighted by molar-refractivity contribution is -0.127. The first-order valence-corrected chi connectivity index (χ1v) is 5.35. The van der Waals surface area contributed by atoms with Gasteiger partial charge in [-0.2, -0.15) is 0 Å². The van der Waals surface area contributed by atoms with Gasteiger partial charge in [-0.1, -0.05) is 7.43 Å². The lowest BCUT2D eigenvalue weighted by Gasteiger charge is -2.05. The van der Waals surface area contributed by atoms with E-state index in [2.05, 4.69) is 5.32 Å². The molecule has 5 heteroatoms. The highest BCUT2D eigenvalue weighted by atomic mass is 16.5. The molecular formula is C12H23NO4. The fourth-order valence-corrected chi connectivity index (χ4v) is 1.08. The smallest absolute Gasteiger partial charge is 0.227 e. The van der Waals surface area contributed by atoms with Crippen LogP contribution >= 0.6 is 0 Å². The first kappa shape index (κ1) is 18.1. The van der Waals surface area contributed by atoms with Crippen LogP contribution in [0.5, 0.6) is 0 Å². The van der Waals surface area contributed by atoms with Gasteiger partial charge in [-0.05, 0) is 20.3 Å². The summed E-state index contributed by atoms with van der Waals surface area (Å²) in [5.74, 6) is -0.280. The molecule has 0 fully saturated rings. The molecule has 0 aromatic rings. The molecule has 0 aromatic carbocycles. The summed E-state index contributed by atoms with van der Waals surface area (Å²) in [5, 5.41) is 2.56. The molecule has 0 aliphatic rings. The summed E-state index contributed by atoms with van der Waals surface area (Å²) >= 11 is 0. The zero-order valence-electron chi connectivity index (χ0n) is 9.88. The van der Waals surface area contributed by atoms with E-state index < -0.39 is 0 Å². The average Bonchev–Trinajstić information content (AvgIpc) is 2.14. The Labute approximate surface area is 103 Å². The van der Waals surface area contributed by atoms with Crippen molar-refractivity contribution in [1.82, 2.24) is 5.32 Å². The minimum Gasteiger partial charge on any atom is -0.380 e. The molecule has 0 bridgehead atoms. The molecule has 0 heterocycles. The van der Waals surface area contributed by atoms with Crippen LogP contribution in [-0.4, -0.2) is 37.2 Å². The van der Waals surface area contributed by atoms with E-state index in [0.717, 1.165) is 0 Å². The van der Waals surface area contributed by atoms with Crippen molar-refractivity contribution in [2.24, 2.45) is 0 Å². The molecule has 1 N–H and O–H groups in total. The Morgan fingerprint density at radius 2 is 1.71 bits per heavy atom. The molecule has 0 unspecified atom stereocenters. The monoisotopic (exact) mass is 245 g/mol. The van der Waals surface area contributed by atoms with Crippen LogP contribution in [0.4, 0.5) is 0 Å². The number of Topliss-reactive ketones (excluding diaryl/α,β-unsaturated/α-hetero) is 2. The summed E-state index contributed by atoms with van der Waals surface area (Å²) in [4.78, 5) is 32.1. The van der Waals surface area contributed by atoms with E-state index in [1.807, 2.05) is 0 Å². The van der Waals surface area contributed by atoms with Gasteiger partial charge in [0, 0.05) is 19.6 Å². The van der Waals surface area contributed by atoms with Gasteiger partial charge in [0.25, 0.3) is 0 Å².